The molecule has 0 aromatic heterocycles. The number of hydrogen-bond donors (Lipinski definition) is 0. The summed E-state index contributed by atoms with van der Waals surface area (Å²) < 4.78 is 27.1. The van der Waals surface area contributed by atoms with Crippen LogP contribution in [0.4, 0.5) is 0 Å². The molecule has 0 amide bonds. The predicted molar refractivity (Wildman–Crippen MR) is 99.4 cm³/mol. The third-order valence-corrected chi connectivity index (χ3v) is 7.44. The molecule has 0 radical (unpaired) electrons. The van der Waals surface area contributed by atoms with Crippen molar-refractivity contribution in [3.8, 4) is 0 Å². The molecule has 2 aliphatic rings. The van der Waals surface area contributed by atoms with Crippen LogP contribution in [0, 0.1) is 0 Å². The van der Waals surface area contributed by atoms with Crippen molar-refractivity contribution in [2.45, 2.75) is 23.8 Å². The van der Waals surface area contributed by atoms with Crippen molar-refractivity contribution in [1.82, 2.24) is 9.21 Å². The number of piperazine rings is 1. The van der Waals surface area contributed by atoms with Gasteiger partial charge in [-0.05, 0) is 48.2 Å². The lowest BCUT2D eigenvalue weighted by Gasteiger charge is -2.37. The highest BCUT2D eigenvalue weighted by molar-refractivity contribution is 7.89. The van der Waals surface area contributed by atoms with Crippen LogP contribution in [0.2, 0.25) is 5.02 Å². The van der Waals surface area contributed by atoms with E-state index in [1.165, 1.54) is 11.1 Å². The summed E-state index contributed by atoms with van der Waals surface area (Å²) in [7, 11) is -3.43. The van der Waals surface area contributed by atoms with Crippen molar-refractivity contribution in [2.75, 3.05) is 26.2 Å². The lowest BCUT2D eigenvalue weighted by Crippen LogP contribution is -2.52. The molecule has 1 aliphatic carbocycles. The molecule has 0 saturated carbocycles. The van der Waals surface area contributed by atoms with Gasteiger partial charge in [-0.2, -0.15) is 4.31 Å². The lowest BCUT2D eigenvalue weighted by molar-refractivity contribution is 0.140. The van der Waals surface area contributed by atoms with Crippen LogP contribution < -0.4 is 0 Å². The molecule has 1 heterocycles. The zero-order valence-corrected chi connectivity index (χ0v) is 15.5. The molecule has 1 fully saturated rings. The molecule has 1 saturated heterocycles. The van der Waals surface area contributed by atoms with Crippen molar-refractivity contribution >= 4 is 21.6 Å². The molecule has 4 nitrogen and oxygen atoms in total. The quantitative estimate of drug-likeness (QED) is 0.827. The van der Waals surface area contributed by atoms with E-state index in [1.54, 1.807) is 28.6 Å². The predicted octanol–water partition coefficient (Wildman–Crippen LogP) is 2.81. The monoisotopic (exact) mass is 376 g/mol. The zero-order chi connectivity index (χ0) is 17.4. The smallest absolute Gasteiger partial charge is 0.243 e. The van der Waals surface area contributed by atoms with Crippen LogP contribution in [0.25, 0.3) is 0 Å². The minimum absolute atomic E-state index is 0.318. The minimum Gasteiger partial charge on any atom is -0.297 e. The van der Waals surface area contributed by atoms with E-state index in [2.05, 4.69) is 29.2 Å². The molecule has 25 heavy (non-hydrogen) atoms. The van der Waals surface area contributed by atoms with Crippen LogP contribution in [0.3, 0.4) is 0 Å². The molecular weight excluding hydrogens is 356 g/mol. The Hall–Kier alpha value is -1.40. The van der Waals surface area contributed by atoms with Gasteiger partial charge in [-0.15, -0.1) is 0 Å². The highest BCUT2D eigenvalue weighted by Crippen LogP contribution is 2.27. The molecule has 2 aromatic carbocycles. The van der Waals surface area contributed by atoms with Crippen LogP contribution in [0.1, 0.15) is 11.1 Å². The van der Waals surface area contributed by atoms with Crippen LogP contribution in [0.15, 0.2) is 53.4 Å². The number of nitrogens with zero attached hydrogens (tertiary/aromatic N) is 2. The minimum atomic E-state index is -3.43. The van der Waals surface area contributed by atoms with E-state index in [9.17, 15) is 8.42 Å². The van der Waals surface area contributed by atoms with Gasteiger partial charge < -0.3 is 0 Å². The van der Waals surface area contributed by atoms with Gasteiger partial charge in [0.15, 0.2) is 0 Å². The van der Waals surface area contributed by atoms with Crippen molar-refractivity contribution in [3.63, 3.8) is 0 Å². The largest absolute Gasteiger partial charge is 0.297 e. The Morgan fingerprint density at radius 3 is 1.96 bits per heavy atom. The fourth-order valence-electron chi connectivity index (χ4n) is 3.86. The maximum absolute atomic E-state index is 12.8. The van der Waals surface area contributed by atoms with Crippen molar-refractivity contribution in [1.29, 1.82) is 0 Å². The number of halogens is 1. The van der Waals surface area contributed by atoms with Crippen LogP contribution in [0.5, 0.6) is 0 Å². The summed E-state index contributed by atoms with van der Waals surface area (Å²) in [5, 5.41) is 0.546. The van der Waals surface area contributed by atoms with Crippen molar-refractivity contribution < 1.29 is 8.42 Å². The summed E-state index contributed by atoms with van der Waals surface area (Å²) in [4.78, 5) is 2.76. The summed E-state index contributed by atoms with van der Waals surface area (Å²) in [5.41, 5.74) is 2.87. The first kappa shape index (κ1) is 17.0. The van der Waals surface area contributed by atoms with E-state index in [4.69, 9.17) is 11.6 Å². The number of hydrogen-bond acceptors (Lipinski definition) is 3. The Bertz CT molecular complexity index is 834. The van der Waals surface area contributed by atoms with Gasteiger partial charge in [0.05, 0.1) is 4.90 Å². The third-order valence-electron chi connectivity index (χ3n) is 5.27. The van der Waals surface area contributed by atoms with E-state index in [0.717, 1.165) is 25.9 Å². The topological polar surface area (TPSA) is 40.6 Å². The molecule has 0 bridgehead atoms. The molecule has 2 aromatic rings. The average Bonchev–Trinajstić information content (AvgIpc) is 3.06. The van der Waals surface area contributed by atoms with Crippen LogP contribution in [-0.4, -0.2) is 49.8 Å². The van der Waals surface area contributed by atoms with Gasteiger partial charge in [0.1, 0.15) is 0 Å². The van der Waals surface area contributed by atoms with Gasteiger partial charge in [0.25, 0.3) is 0 Å². The Labute approximate surface area is 154 Å². The molecule has 0 unspecified atom stereocenters. The first-order valence-corrected chi connectivity index (χ1v) is 10.4. The molecule has 132 valence electrons. The number of fused-ring (bicyclic) bond motifs is 1. The number of rotatable bonds is 3. The van der Waals surface area contributed by atoms with Crippen molar-refractivity contribution in [2.24, 2.45) is 0 Å². The van der Waals surface area contributed by atoms with Gasteiger partial charge in [-0.1, -0.05) is 35.9 Å². The fourth-order valence-corrected chi connectivity index (χ4v) is 5.41. The number of benzene rings is 2. The van der Waals surface area contributed by atoms with E-state index in [-0.39, 0.29) is 0 Å². The van der Waals surface area contributed by atoms with Gasteiger partial charge in [-0.25, -0.2) is 8.42 Å². The summed E-state index contributed by atoms with van der Waals surface area (Å²) in [6.07, 6.45) is 2.14. The second-order valence-electron chi connectivity index (χ2n) is 6.72. The van der Waals surface area contributed by atoms with E-state index in [0.29, 0.717) is 29.0 Å². The first-order chi connectivity index (χ1) is 12.0. The van der Waals surface area contributed by atoms with E-state index in [1.807, 2.05) is 0 Å². The molecule has 0 atom stereocenters. The van der Waals surface area contributed by atoms with Gasteiger partial charge in [0, 0.05) is 37.2 Å². The molecular formula is C19H21ClN2O2S. The standard InChI is InChI=1S/C19H21ClN2O2S/c20-17-5-7-19(8-6-17)25(23,24)22-11-9-21(10-12-22)18-13-15-3-1-2-4-16(15)14-18/h1-8,18H,9-14H2. The second-order valence-corrected chi connectivity index (χ2v) is 9.10. The lowest BCUT2D eigenvalue weighted by atomic mass is 10.1. The average molecular weight is 377 g/mol. The Morgan fingerprint density at radius 2 is 1.40 bits per heavy atom. The molecule has 0 N–H and O–H groups in total. The second kappa shape index (κ2) is 6.72. The summed E-state index contributed by atoms with van der Waals surface area (Å²) in [5.74, 6) is 0. The molecule has 4 rings (SSSR count). The summed E-state index contributed by atoms with van der Waals surface area (Å²) >= 11 is 5.86. The number of sulfonamides is 1. The van der Waals surface area contributed by atoms with Gasteiger partial charge >= 0.3 is 0 Å². The Balaban J connectivity index is 1.41. The first-order valence-electron chi connectivity index (χ1n) is 8.60. The fraction of sp³-hybridized carbons (Fsp3) is 0.368. The van der Waals surface area contributed by atoms with Gasteiger partial charge in [-0.3, -0.25) is 4.90 Å². The maximum Gasteiger partial charge on any atom is 0.243 e. The highest BCUT2D eigenvalue weighted by Gasteiger charge is 2.33. The van der Waals surface area contributed by atoms with E-state index >= 15 is 0 Å². The van der Waals surface area contributed by atoms with Gasteiger partial charge in [0.2, 0.25) is 10.0 Å². The van der Waals surface area contributed by atoms with Crippen LogP contribution in [-0.2, 0) is 22.9 Å². The summed E-state index contributed by atoms with van der Waals surface area (Å²) in [6.45, 7) is 2.65. The zero-order valence-electron chi connectivity index (χ0n) is 13.9. The third kappa shape index (κ3) is 3.34. The summed E-state index contributed by atoms with van der Waals surface area (Å²) in [6, 6.07) is 15.5. The van der Waals surface area contributed by atoms with Crippen molar-refractivity contribution in [3.05, 3.63) is 64.7 Å². The molecule has 1 aliphatic heterocycles. The SMILES string of the molecule is O=S(=O)(c1ccc(Cl)cc1)N1CCN(C2Cc3ccccc3C2)CC1. The Morgan fingerprint density at radius 1 is 0.840 bits per heavy atom. The molecule has 0 spiro atoms. The molecule has 6 heteroatoms. The van der Waals surface area contributed by atoms with E-state index < -0.39 is 10.0 Å². The highest BCUT2D eigenvalue weighted by atomic mass is 35.5. The van der Waals surface area contributed by atoms with Crippen LogP contribution >= 0.6 is 11.6 Å². The normalized spacial score (nSPS) is 19.9. The Kier molecular flexibility index (Phi) is 4.58. The maximum atomic E-state index is 12.8.